The Balaban J connectivity index is 1.73. The summed E-state index contributed by atoms with van der Waals surface area (Å²) >= 11 is 0. The lowest BCUT2D eigenvalue weighted by atomic mass is 9.99. The summed E-state index contributed by atoms with van der Waals surface area (Å²) < 4.78 is 5.80. The van der Waals surface area contributed by atoms with Crippen LogP contribution >= 0.6 is 0 Å². The van der Waals surface area contributed by atoms with Crippen molar-refractivity contribution in [1.82, 2.24) is 5.32 Å². The van der Waals surface area contributed by atoms with Crippen molar-refractivity contribution in [3.63, 3.8) is 0 Å². The third-order valence-corrected chi connectivity index (χ3v) is 3.26. The number of ether oxygens (including phenoxy) is 1. The Morgan fingerprint density at radius 1 is 1.25 bits per heavy atom. The van der Waals surface area contributed by atoms with Crippen molar-refractivity contribution >= 4 is 0 Å². The molecule has 1 heterocycles. The van der Waals surface area contributed by atoms with Crippen LogP contribution in [0.15, 0.2) is 24.3 Å². The van der Waals surface area contributed by atoms with Gasteiger partial charge in [0.15, 0.2) is 0 Å². The molecule has 2 heteroatoms. The van der Waals surface area contributed by atoms with Crippen LogP contribution in [-0.4, -0.2) is 19.7 Å². The number of hydrogen-bond donors (Lipinski definition) is 0. The Morgan fingerprint density at radius 3 is 2.75 bits per heavy atom. The average molecular weight is 218 g/mol. The molecule has 87 valence electrons. The van der Waals surface area contributed by atoms with Crippen LogP contribution in [0.5, 0.6) is 0 Å². The van der Waals surface area contributed by atoms with Gasteiger partial charge in [-0.05, 0) is 36.8 Å². The van der Waals surface area contributed by atoms with E-state index in [1.54, 1.807) is 0 Å². The van der Waals surface area contributed by atoms with Crippen LogP contribution in [0.25, 0.3) is 0 Å². The zero-order valence-electron chi connectivity index (χ0n) is 9.98. The molecule has 1 saturated heterocycles. The van der Waals surface area contributed by atoms with E-state index >= 15 is 0 Å². The molecule has 0 amide bonds. The molecular weight excluding hydrogens is 198 g/mol. The van der Waals surface area contributed by atoms with E-state index in [1.165, 1.54) is 24.0 Å². The first-order valence-corrected chi connectivity index (χ1v) is 6.12. The van der Waals surface area contributed by atoms with Gasteiger partial charge in [-0.1, -0.05) is 24.3 Å². The van der Waals surface area contributed by atoms with Crippen molar-refractivity contribution in [2.24, 2.45) is 5.92 Å². The topological polar surface area (TPSA) is 23.3 Å². The molecule has 1 aliphatic rings. The van der Waals surface area contributed by atoms with Crippen molar-refractivity contribution in [2.45, 2.75) is 26.4 Å². The second-order valence-corrected chi connectivity index (χ2v) is 4.56. The van der Waals surface area contributed by atoms with E-state index in [1.807, 2.05) is 0 Å². The van der Waals surface area contributed by atoms with Crippen LogP contribution < -0.4 is 5.32 Å². The number of aryl methyl sites for hydroxylation is 1. The summed E-state index contributed by atoms with van der Waals surface area (Å²) in [6.45, 7) is 5.83. The second-order valence-electron chi connectivity index (χ2n) is 4.56. The van der Waals surface area contributed by atoms with Crippen LogP contribution in [-0.2, 0) is 11.3 Å². The second kappa shape index (κ2) is 6.02. The van der Waals surface area contributed by atoms with Gasteiger partial charge < -0.3 is 4.74 Å². The Kier molecular flexibility index (Phi) is 4.37. The van der Waals surface area contributed by atoms with Crippen LogP contribution in [0.3, 0.4) is 0 Å². The number of rotatable bonds is 4. The molecule has 1 aromatic rings. The van der Waals surface area contributed by atoms with Gasteiger partial charge in [0.2, 0.25) is 0 Å². The zero-order chi connectivity index (χ0) is 11.2. The van der Waals surface area contributed by atoms with E-state index in [0.717, 1.165) is 32.2 Å². The molecule has 0 saturated carbocycles. The third kappa shape index (κ3) is 3.32. The summed E-state index contributed by atoms with van der Waals surface area (Å²) in [6, 6.07) is 8.43. The molecule has 2 nitrogen and oxygen atoms in total. The van der Waals surface area contributed by atoms with E-state index < -0.39 is 0 Å². The third-order valence-electron chi connectivity index (χ3n) is 3.26. The van der Waals surface area contributed by atoms with E-state index in [4.69, 9.17) is 4.74 Å². The molecule has 0 spiro atoms. The van der Waals surface area contributed by atoms with Crippen molar-refractivity contribution in [3.05, 3.63) is 35.4 Å². The molecule has 0 bridgehead atoms. The fourth-order valence-electron chi connectivity index (χ4n) is 2.08. The number of piperidine rings is 1. The normalized spacial score (nSPS) is 17.6. The molecule has 1 radical (unpaired) electrons. The fourth-order valence-corrected chi connectivity index (χ4v) is 2.08. The van der Waals surface area contributed by atoms with Gasteiger partial charge in [-0.15, -0.1) is 0 Å². The quantitative estimate of drug-likeness (QED) is 0.761. The van der Waals surface area contributed by atoms with Crippen molar-refractivity contribution in [2.75, 3.05) is 19.7 Å². The van der Waals surface area contributed by atoms with Gasteiger partial charge in [0.25, 0.3) is 0 Å². The van der Waals surface area contributed by atoms with E-state index in [-0.39, 0.29) is 0 Å². The van der Waals surface area contributed by atoms with Crippen LogP contribution in [0.2, 0.25) is 0 Å². The smallest absolute Gasteiger partial charge is 0.0719 e. The standard InChI is InChI=1S/C14H20NO/c1-12-4-2-3-5-14(12)11-16-10-13-6-8-15-9-7-13/h2-5,13H,6-11H2,1H3. The number of benzene rings is 1. The molecule has 0 aliphatic carbocycles. The first kappa shape index (κ1) is 11.6. The predicted molar refractivity (Wildman–Crippen MR) is 65.4 cm³/mol. The summed E-state index contributed by atoms with van der Waals surface area (Å²) in [5.41, 5.74) is 2.63. The first-order valence-electron chi connectivity index (χ1n) is 6.12. The largest absolute Gasteiger partial charge is 0.376 e. The molecule has 2 rings (SSSR count). The summed E-state index contributed by atoms with van der Waals surface area (Å²) in [6.07, 6.45) is 2.40. The first-order chi connectivity index (χ1) is 7.86. The Bertz CT molecular complexity index is 318. The Hall–Kier alpha value is -0.860. The minimum Gasteiger partial charge on any atom is -0.376 e. The van der Waals surface area contributed by atoms with Crippen molar-refractivity contribution < 1.29 is 4.74 Å². The minimum absolute atomic E-state index is 0.724. The minimum atomic E-state index is 0.724. The molecule has 0 N–H and O–H groups in total. The van der Waals surface area contributed by atoms with Gasteiger partial charge in [0.05, 0.1) is 6.61 Å². The molecular formula is C14H20NO. The average Bonchev–Trinajstić information content (AvgIpc) is 2.33. The molecule has 1 aliphatic heterocycles. The lowest BCUT2D eigenvalue weighted by molar-refractivity contribution is 0.0757. The molecule has 0 aromatic heterocycles. The monoisotopic (exact) mass is 218 g/mol. The van der Waals surface area contributed by atoms with Crippen LogP contribution in [0, 0.1) is 12.8 Å². The van der Waals surface area contributed by atoms with Gasteiger partial charge in [-0.3, -0.25) is 0 Å². The van der Waals surface area contributed by atoms with E-state index in [9.17, 15) is 0 Å². The summed E-state index contributed by atoms with van der Waals surface area (Å²) in [7, 11) is 0. The summed E-state index contributed by atoms with van der Waals surface area (Å²) in [5, 5.41) is 4.35. The van der Waals surface area contributed by atoms with Crippen molar-refractivity contribution in [1.29, 1.82) is 0 Å². The zero-order valence-corrected chi connectivity index (χ0v) is 9.98. The molecule has 0 unspecified atom stereocenters. The number of nitrogens with zero attached hydrogens (tertiary/aromatic N) is 1. The lowest BCUT2D eigenvalue weighted by Crippen LogP contribution is -2.25. The predicted octanol–water partition coefficient (Wildman–Crippen LogP) is 2.53. The molecule has 0 atom stereocenters. The maximum Gasteiger partial charge on any atom is 0.0719 e. The highest BCUT2D eigenvalue weighted by atomic mass is 16.5. The number of hydrogen-bond acceptors (Lipinski definition) is 1. The maximum atomic E-state index is 5.80. The highest BCUT2D eigenvalue weighted by Gasteiger charge is 2.13. The highest BCUT2D eigenvalue weighted by Crippen LogP contribution is 2.14. The van der Waals surface area contributed by atoms with Gasteiger partial charge in [0, 0.05) is 19.7 Å². The molecule has 1 fully saturated rings. The van der Waals surface area contributed by atoms with Gasteiger partial charge in [-0.25, -0.2) is 5.32 Å². The fraction of sp³-hybridized carbons (Fsp3) is 0.571. The lowest BCUT2D eigenvalue weighted by Gasteiger charge is -2.21. The van der Waals surface area contributed by atoms with E-state index in [0.29, 0.717) is 0 Å². The molecule has 1 aromatic carbocycles. The van der Waals surface area contributed by atoms with Gasteiger partial charge >= 0.3 is 0 Å². The van der Waals surface area contributed by atoms with Gasteiger partial charge in [-0.2, -0.15) is 0 Å². The summed E-state index contributed by atoms with van der Waals surface area (Å²) in [5.74, 6) is 0.724. The summed E-state index contributed by atoms with van der Waals surface area (Å²) in [4.78, 5) is 0. The van der Waals surface area contributed by atoms with Crippen LogP contribution in [0.1, 0.15) is 24.0 Å². The van der Waals surface area contributed by atoms with Gasteiger partial charge in [0.1, 0.15) is 0 Å². The maximum absolute atomic E-state index is 5.80. The Labute approximate surface area is 98.0 Å². The van der Waals surface area contributed by atoms with E-state index in [2.05, 4.69) is 36.5 Å². The SMILES string of the molecule is Cc1ccccc1COCC1CC[N]CC1. The Morgan fingerprint density at radius 2 is 2.00 bits per heavy atom. The molecule has 16 heavy (non-hydrogen) atoms. The highest BCUT2D eigenvalue weighted by molar-refractivity contribution is 5.24. The van der Waals surface area contributed by atoms with Crippen LogP contribution in [0.4, 0.5) is 0 Å². The van der Waals surface area contributed by atoms with Crippen molar-refractivity contribution in [3.8, 4) is 0 Å².